The zero-order valence-electron chi connectivity index (χ0n) is 12.1. The maximum atomic E-state index is 13.0. The van der Waals surface area contributed by atoms with Gasteiger partial charge in [-0.15, -0.1) is 11.8 Å². The standard InChI is InChI=1S/C16H24FNOS/c1-16(12-19,18-14-7-8-14)9-2-3-10-20-15-6-4-5-13(17)11-15/h4-6,11,14,18-19H,2-3,7-10,12H2,1H3. The molecule has 20 heavy (non-hydrogen) atoms. The summed E-state index contributed by atoms with van der Waals surface area (Å²) in [5, 5.41) is 13.0. The molecule has 1 aliphatic carbocycles. The fraction of sp³-hybridized carbons (Fsp3) is 0.625. The van der Waals surface area contributed by atoms with Gasteiger partial charge in [0.15, 0.2) is 0 Å². The molecule has 2 N–H and O–H groups in total. The summed E-state index contributed by atoms with van der Waals surface area (Å²) < 4.78 is 13.0. The predicted octanol–water partition coefficient (Wildman–Crippen LogP) is 3.59. The number of unbranched alkanes of at least 4 members (excludes halogenated alkanes) is 1. The summed E-state index contributed by atoms with van der Waals surface area (Å²) in [5.74, 6) is 0.825. The Hall–Kier alpha value is -0.580. The highest BCUT2D eigenvalue weighted by atomic mass is 32.2. The number of hydrogen-bond donors (Lipinski definition) is 2. The molecule has 0 radical (unpaired) electrons. The van der Waals surface area contributed by atoms with Gasteiger partial charge in [-0.25, -0.2) is 4.39 Å². The molecule has 0 amide bonds. The van der Waals surface area contributed by atoms with Crippen LogP contribution in [0.15, 0.2) is 29.2 Å². The molecule has 2 nitrogen and oxygen atoms in total. The number of benzene rings is 1. The van der Waals surface area contributed by atoms with E-state index in [0.29, 0.717) is 6.04 Å². The SMILES string of the molecule is CC(CO)(CCCCSc1cccc(F)c1)NC1CC1. The first-order valence-electron chi connectivity index (χ1n) is 7.38. The second-order valence-corrected chi connectivity index (χ2v) is 7.07. The molecule has 4 heteroatoms. The van der Waals surface area contributed by atoms with Crippen molar-refractivity contribution in [3.63, 3.8) is 0 Å². The van der Waals surface area contributed by atoms with Crippen molar-refractivity contribution >= 4 is 11.8 Å². The molecule has 0 heterocycles. The van der Waals surface area contributed by atoms with Crippen molar-refractivity contribution in [2.24, 2.45) is 0 Å². The Bertz CT molecular complexity index is 425. The Balaban J connectivity index is 1.62. The van der Waals surface area contributed by atoms with Crippen LogP contribution in [-0.4, -0.2) is 29.0 Å². The van der Waals surface area contributed by atoms with Crippen LogP contribution in [0, 0.1) is 5.82 Å². The van der Waals surface area contributed by atoms with Crippen LogP contribution in [0.5, 0.6) is 0 Å². The minimum Gasteiger partial charge on any atom is -0.394 e. The van der Waals surface area contributed by atoms with Crippen molar-refractivity contribution < 1.29 is 9.50 Å². The smallest absolute Gasteiger partial charge is 0.124 e. The lowest BCUT2D eigenvalue weighted by Gasteiger charge is -2.29. The van der Waals surface area contributed by atoms with Gasteiger partial charge in [-0.2, -0.15) is 0 Å². The lowest BCUT2D eigenvalue weighted by Crippen LogP contribution is -2.46. The van der Waals surface area contributed by atoms with Crippen LogP contribution < -0.4 is 5.32 Å². The van der Waals surface area contributed by atoms with E-state index in [1.165, 1.54) is 18.9 Å². The summed E-state index contributed by atoms with van der Waals surface area (Å²) in [4.78, 5) is 0.992. The van der Waals surface area contributed by atoms with Gasteiger partial charge in [0.25, 0.3) is 0 Å². The Morgan fingerprint density at radius 3 is 2.85 bits per heavy atom. The minimum absolute atomic E-state index is 0.134. The maximum absolute atomic E-state index is 13.0. The maximum Gasteiger partial charge on any atom is 0.124 e. The molecule has 0 spiro atoms. The molecule has 0 bridgehead atoms. The first-order valence-corrected chi connectivity index (χ1v) is 8.37. The first-order chi connectivity index (χ1) is 9.61. The third-order valence-corrected chi connectivity index (χ3v) is 4.75. The molecule has 1 unspecified atom stereocenters. The molecular weight excluding hydrogens is 273 g/mol. The topological polar surface area (TPSA) is 32.3 Å². The Morgan fingerprint density at radius 2 is 2.20 bits per heavy atom. The van der Waals surface area contributed by atoms with Crippen LogP contribution >= 0.6 is 11.8 Å². The molecule has 0 saturated heterocycles. The highest BCUT2D eigenvalue weighted by molar-refractivity contribution is 7.99. The van der Waals surface area contributed by atoms with Crippen molar-refractivity contribution in [1.82, 2.24) is 5.32 Å². The van der Waals surface area contributed by atoms with Crippen LogP contribution in [-0.2, 0) is 0 Å². The summed E-state index contributed by atoms with van der Waals surface area (Å²) in [6, 6.07) is 7.37. The summed E-state index contributed by atoms with van der Waals surface area (Å²) in [6.07, 6.45) is 5.64. The van der Waals surface area contributed by atoms with Crippen LogP contribution in [0.25, 0.3) is 0 Å². The quantitative estimate of drug-likeness (QED) is 0.539. The first kappa shape index (κ1) is 15.8. The van der Waals surface area contributed by atoms with E-state index >= 15 is 0 Å². The highest BCUT2D eigenvalue weighted by Gasteiger charge is 2.31. The van der Waals surface area contributed by atoms with Gasteiger partial charge in [-0.3, -0.25) is 0 Å². The van der Waals surface area contributed by atoms with Crippen molar-refractivity contribution in [2.45, 2.75) is 55.5 Å². The van der Waals surface area contributed by atoms with E-state index < -0.39 is 0 Å². The number of rotatable bonds is 9. The normalized spacial score (nSPS) is 17.9. The lowest BCUT2D eigenvalue weighted by molar-refractivity contribution is 0.161. The third-order valence-electron chi connectivity index (χ3n) is 3.67. The average molecular weight is 297 g/mol. The number of aliphatic hydroxyl groups is 1. The summed E-state index contributed by atoms with van der Waals surface area (Å²) in [7, 11) is 0. The van der Waals surface area contributed by atoms with E-state index in [1.807, 2.05) is 6.07 Å². The summed E-state index contributed by atoms with van der Waals surface area (Å²) >= 11 is 1.70. The molecule has 1 aliphatic rings. The van der Waals surface area contributed by atoms with Crippen molar-refractivity contribution in [3.05, 3.63) is 30.1 Å². The van der Waals surface area contributed by atoms with Crippen LogP contribution in [0.4, 0.5) is 4.39 Å². The third kappa shape index (κ3) is 5.43. The van der Waals surface area contributed by atoms with Crippen molar-refractivity contribution in [2.75, 3.05) is 12.4 Å². The zero-order chi connectivity index (χ0) is 14.4. The number of halogens is 1. The Kier molecular flexibility index (Phi) is 5.87. The molecule has 2 rings (SSSR count). The number of hydrogen-bond acceptors (Lipinski definition) is 3. The van der Waals surface area contributed by atoms with Gasteiger partial charge in [0.2, 0.25) is 0 Å². The molecule has 1 saturated carbocycles. The molecule has 1 aromatic rings. The monoisotopic (exact) mass is 297 g/mol. The van der Waals surface area contributed by atoms with E-state index in [9.17, 15) is 9.50 Å². The second kappa shape index (κ2) is 7.43. The van der Waals surface area contributed by atoms with E-state index in [0.717, 1.165) is 29.9 Å². The average Bonchev–Trinajstić information content (AvgIpc) is 3.22. The van der Waals surface area contributed by atoms with Gasteiger partial charge in [0.1, 0.15) is 5.82 Å². The van der Waals surface area contributed by atoms with Gasteiger partial charge in [0, 0.05) is 16.5 Å². The van der Waals surface area contributed by atoms with Gasteiger partial charge < -0.3 is 10.4 Å². The van der Waals surface area contributed by atoms with E-state index in [1.54, 1.807) is 23.9 Å². The number of thioether (sulfide) groups is 1. The predicted molar refractivity (Wildman–Crippen MR) is 82.6 cm³/mol. The van der Waals surface area contributed by atoms with Gasteiger partial charge in [0.05, 0.1) is 6.61 Å². The molecular formula is C16H24FNOS. The van der Waals surface area contributed by atoms with Crippen LogP contribution in [0.1, 0.15) is 39.0 Å². The van der Waals surface area contributed by atoms with Crippen LogP contribution in [0.3, 0.4) is 0 Å². The molecule has 112 valence electrons. The van der Waals surface area contributed by atoms with Gasteiger partial charge >= 0.3 is 0 Å². The van der Waals surface area contributed by atoms with Gasteiger partial charge in [-0.05, 0) is 56.6 Å². The summed E-state index contributed by atoms with van der Waals surface area (Å²) in [5.41, 5.74) is -0.134. The van der Waals surface area contributed by atoms with Crippen LogP contribution in [0.2, 0.25) is 0 Å². The Labute approximate surface area is 125 Å². The van der Waals surface area contributed by atoms with Crippen molar-refractivity contribution in [3.8, 4) is 0 Å². The lowest BCUT2D eigenvalue weighted by atomic mass is 9.96. The molecule has 0 aliphatic heterocycles. The highest BCUT2D eigenvalue weighted by Crippen LogP contribution is 2.26. The van der Waals surface area contributed by atoms with E-state index in [4.69, 9.17) is 0 Å². The minimum atomic E-state index is -0.170. The number of aliphatic hydroxyl groups excluding tert-OH is 1. The fourth-order valence-electron chi connectivity index (χ4n) is 2.28. The second-order valence-electron chi connectivity index (χ2n) is 5.90. The van der Waals surface area contributed by atoms with Gasteiger partial charge in [-0.1, -0.05) is 12.5 Å². The summed E-state index contributed by atoms with van der Waals surface area (Å²) in [6.45, 7) is 2.30. The largest absolute Gasteiger partial charge is 0.394 e. The fourth-order valence-corrected chi connectivity index (χ4v) is 3.24. The zero-order valence-corrected chi connectivity index (χ0v) is 12.9. The molecule has 0 aromatic heterocycles. The van der Waals surface area contributed by atoms with Crippen molar-refractivity contribution in [1.29, 1.82) is 0 Å². The molecule has 1 aromatic carbocycles. The number of nitrogens with one attached hydrogen (secondary N) is 1. The molecule has 1 fully saturated rings. The molecule has 1 atom stereocenters. The van der Waals surface area contributed by atoms with E-state index in [-0.39, 0.29) is 18.0 Å². The Morgan fingerprint density at radius 1 is 1.40 bits per heavy atom. The van der Waals surface area contributed by atoms with E-state index in [2.05, 4.69) is 12.2 Å².